The van der Waals surface area contributed by atoms with Crippen molar-refractivity contribution in [3.05, 3.63) is 0 Å². The number of hydrogen-bond donors (Lipinski definition) is 4. The van der Waals surface area contributed by atoms with Crippen molar-refractivity contribution in [1.29, 1.82) is 0 Å². The maximum absolute atomic E-state index is 12.4. The fourth-order valence-electron chi connectivity index (χ4n) is 2.65. The summed E-state index contributed by atoms with van der Waals surface area (Å²) in [4.78, 5) is 47.8. The number of carboxylic acids is 2. The molecule has 0 bridgehead atoms. The zero-order chi connectivity index (χ0) is 18.3. The summed E-state index contributed by atoms with van der Waals surface area (Å²) in [6.45, 7) is 4.13. The van der Waals surface area contributed by atoms with Gasteiger partial charge in [-0.05, 0) is 26.2 Å². The molecule has 2 amide bonds. The minimum absolute atomic E-state index is 0.296. The fraction of sp³-hybridized carbons (Fsp3) is 0.733. The zero-order valence-corrected chi connectivity index (χ0v) is 13.9. The van der Waals surface area contributed by atoms with E-state index in [9.17, 15) is 24.3 Å². The molecule has 2 unspecified atom stereocenters. The van der Waals surface area contributed by atoms with E-state index in [2.05, 4.69) is 10.6 Å². The average molecular weight is 343 g/mol. The molecule has 1 aliphatic heterocycles. The number of amides is 2. The maximum Gasteiger partial charge on any atom is 0.326 e. The van der Waals surface area contributed by atoms with Gasteiger partial charge in [-0.15, -0.1) is 0 Å². The number of rotatable bonds is 9. The van der Waals surface area contributed by atoms with Gasteiger partial charge in [-0.1, -0.05) is 6.92 Å². The van der Waals surface area contributed by atoms with E-state index in [4.69, 9.17) is 5.11 Å². The first kappa shape index (κ1) is 19.9. The summed E-state index contributed by atoms with van der Waals surface area (Å²) in [6.07, 6.45) is 1.42. The topological polar surface area (TPSA) is 136 Å². The summed E-state index contributed by atoms with van der Waals surface area (Å²) in [5.41, 5.74) is 0. The molecular weight excluding hydrogens is 318 g/mol. The Morgan fingerprint density at radius 3 is 2.46 bits per heavy atom. The third-order valence-electron chi connectivity index (χ3n) is 3.90. The second kappa shape index (κ2) is 9.21. The summed E-state index contributed by atoms with van der Waals surface area (Å²) in [5, 5.41) is 23.5. The Morgan fingerprint density at radius 2 is 1.92 bits per heavy atom. The van der Waals surface area contributed by atoms with E-state index in [0.717, 1.165) is 6.42 Å². The maximum atomic E-state index is 12.4. The van der Waals surface area contributed by atoms with E-state index in [0.29, 0.717) is 25.9 Å². The summed E-state index contributed by atoms with van der Waals surface area (Å²) in [7, 11) is 0. The molecule has 9 nitrogen and oxygen atoms in total. The van der Waals surface area contributed by atoms with Crippen molar-refractivity contribution in [2.75, 3.05) is 13.1 Å². The Labute approximate surface area is 140 Å². The third-order valence-corrected chi connectivity index (χ3v) is 3.90. The van der Waals surface area contributed by atoms with Gasteiger partial charge < -0.3 is 20.4 Å². The Morgan fingerprint density at radius 1 is 1.25 bits per heavy atom. The molecular formula is C15H25N3O6. The highest BCUT2D eigenvalue weighted by Gasteiger charge is 2.37. The third kappa shape index (κ3) is 5.48. The van der Waals surface area contributed by atoms with Gasteiger partial charge in [0.1, 0.15) is 12.1 Å². The Bertz CT molecular complexity index is 496. The minimum atomic E-state index is -1.24. The molecule has 1 saturated heterocycles. The number of carbonyl (C=O) groups excluding carboxylic acids is 2. The highest BCUT2D eigenvalue weighted by Crippen LogP contribution is 2.18. The first-order valence-corrected chi connectivity index (χ1v) is 8.06. The molecule has 3 atom stereocenters. The highest BCUT2D eigenvalue weighted by atomic mass is 16.4. The number of likely N-dealkylation sites (tertiary alicyclic amines) is 1. The Kier molecular flexibility index (Phi) is 7.63. The molecule has 0 aliphatic carbocycles. The number of aliphatic carboxylic acids is 2. The van der Waals surface area contributed by atoms with Crippen molar-refractivity contribution in [3.63, 3.8) is 0 Å². The summed E-state index contributed by atoms with van der Waals surface area (Å²) in [5.74, 6) is -3.19. The molecule has 0 aromatic rings. The summed E-state index contributed by atoms with van der Waals surface area (Å²) in [6, 6.07) is -2.99. The molecule has 1 aliphatic rings. The molecule has 0 aromatic carbocycles. The number of nitrogens with zero attached hydrogens (tertiary/aromatic N) is 1. The summed E-state index contributed by atoms with van der Waals surface area (Å²) >= 11 is 0. The number of nitrogens with one attached hydrogen (secondary N) is 2. The van der Waals surface area contributed by atoms with Gasteiger partial charge in [-0.3, -0.25) is 19.7 Å². The van der Waals surface area contributed by atoms with Crippen LogP contribution in [0.15, 0.2) is 0 Å². The number of carbonyl (C=O) groups is 4. The van der Waals surface area contributed by atoms with E-state index < -0.39 is 41.9 Å². The lowest BCUT2D eigenvalue weighted by molar-refractivity contribution is -0.149. The van der Waals surface area contributed by atoms with Gasteiger partial charge in [0.05, 0.1) is 12.5 Å². The van der Waals surface area contributed by atoms with E-state index >= 15 is 0 Å². The Hall–Kier alpha value is -2.16. The predicted octanol–water partition coefficient (Wildman–Crippen LogP) is -0.590. The van der Waals surface area contributed by atoms with Crippen LogP contribution < -0.4 is 10.6 Å². The van der Waals surface area contributed by atoms with Gasteiger partial charge in [0, 0.05) is 13.1 Å². The zero-order valence-electron chi connectivity index (χ0n) is 13.9. The molecule has 136 valence electrons. The van der Waals surface area contributed by atoms with Gasteiger partial charge >= 0.3 is 11.9 Å². The lowest BCUT2D eigenvalue weighted by atomic mass is 10.1. The van der Waals surface area contributed by atoms with Gasteiger partial charge in [-0.25, -0.2) is 4.79 Å². The van der Waals surface area contributed by atoms with Crippen LogP contribution >= 0.6 is 0 Å². The van der Waals surface area contributed by atoms with Gasteiger partial charge in [0.15, 0.2) is 0 Å². The van der Waals surface area contributed by atoms with Crippen molar-refractivity contribution < 1.29 is 29.4 Å². The molecule has 9 heteroatoms. The Balaban J connectivity index is 2.65. The van der Waals surface area contributed by atoms with Crippen LogP contribution in [0.3, 0.4) is 0 Å². The van der Waals surface area contributed by atoms with E-state index in [1.165, 1.54) is 11.8 Å². The van der Waals surface area contributed by atoms with Crippen molar-refractivity contribution >= 4 is 23.8 Å². The van der Waals surface area contributed by atoms with E-state index in [-0.39, 0.29) is 6.42 Å². The quantitative estimate of drug-likeness (QED) is 0.439. The van der Waals surface area contributed by atoms with Crippen LogP contribution in [0.4, 0.5) is 0 Å². The van der Waals surface area contributed by atoms with Crippen molar-refractivity contribution in [1.82, 2.24) is 15.5 Å². The molecule has 1 heterocycles. The molecule has 0 radical (unpaired) electrons. The lowest BCUT2D eigenvalue weighted by Crippen LogP contribution is -2.53. The molecule has 0 aromatic heterocycles. The van der Waals surface area contributed by atoms with Crippen LogP contribution in [0.1, 0.15) is 39.5 Å². The molecule has 0 spiro atoms. The highest BCUT2D eigenvalue weighted by molar-refractivity contribution is 5.89. The normalized spacial score (nSPS) is 19.6. The number of hydrogen-bond acceptors (Lipinski definition) is 5. The van der Waals surface area contributed by atoms with Crippen molar-refractivity contribution in [2.45, 2.75) is 57.7 Å². The molecule has 1 fully saturated rings. The second-order valence-electron chi connectivity index (χ2n) is 5.86. The van der Waals surface area contributed by atoms with Gasteiger partial charge in [0.25, 0.3) is 0 Å². The SMILES string of the molecule is CCCNC(=O)CC(NC(C)C(=O)N1CCC[C@H]1C(=O)O)C(=O)O. The van der Waals surface area contributed by atoms with Crippen LogP contribution in [-0.2, 0) is 19.2 Å². The molecule has 4 N–H and O–H groups in total. The van der Waals surface area contributed by atoms with Crippen LogP contribution in [0.5, 0.6) is 0 Å². The smallest absolute Gasteiger partial charge is 0.326 e. The standard InChI is InChI=1S/C15H25N3O6/c1-3-6-16-12(19)8-10(14(21)22)17-9(2)13(20)18-7-4-5-11(18)15(23)24/h9-11,17H,3-8H2,1-2H3,(H,16,19)(H,21,22)(H,23,24)/t9?,10?,11-/m0/s1. The van der Waals surface area contributed by atoms with Gasteiger partial charge in [-0.2, -0.15) is 0 Å². The fourth-order valence-corrected chi connectivity index (χ4v) is 2.65. The van der Waals surface area contributed by atoms with Gasteiger partial charge in [0.2, 0.25) is 11.8 Å². The van der Waals surface area contributed by atoms with Crippen LogP contribution in [-0.4, -0.2) is 70.1 Å². The molecule has 24 heavy (non-hydrogen) atoms. The number of carboxylic acid groups (broad SMARTS) is 2. The van der Waals surface area contributed by atoms with Crippen molar-refractivity contribution in [3.8, 4) is 0 Å². The monoisotopic (exact) mass is 343 g/mol. The van der Waals surface area contributed by atoms with E-state index in [1.807, 2.05) is 6.92 Å². The largest absolute Gasteiger partial charge is 0.480 e. The minimum Gasteiger partial charge on any atom is -0.480 e. The first-order valence-electron chi connectivity index (χ1n) is 8.06. The first-order chi connectivity index (χ1) is 11.3. The summed E-state index contributed by atoms with van der Waals surface area (Å²) < 4.78 is 0. The lowest BCUT2D eigenvalue weighted by Gasteiger charge is -2.27. The van der Waals surface area contributed by atoms with Crippen LogP contribution in [0.2, 0.25) is 0 Å². The second-order valence-corrected chi connectivity index (χ2v) is 5.86. The van der Waals surface area contributed by atoms with E-state index in [1.54, 1.807) is 0 Å². The molecule has 1 rings (SSSR count). The van der Waals surface area contributed by atoms with Crippen LogP contribution in [0, 0.1) is 0 Å². The average Bonchev–Trinajstić information content (AvgIpc) is 3.00. The predicted molar refractivity (Wildman–Crippen MR) is 84.3 cm³/mol. The molecule has 0 saturated carbocycles. The van der Waals surface area contributed by atoms with Crippen LogP contribution in [0.25, 0.3) is 0 Å². The van der Waals surface area contributed by atoms with Crippen molar-refractivity contribution in [2.24, 2.45) is 0 Å².